The number of hydrogen-bond acceptors (Lipinski definition) is 1. The molecule has 1 aromatic rings. The minimum Gasteiger partial charge on any atom is -0.309 e. The second kappa shape index (κ2) is 5.90. The highest BCUT2D eigenvalue weighted by molar-refractivity contribution is 6.35. The molecule has 0 amide bonds. The number of benzene rings is 1. The van der Waals surface area contributed by atoms with E-state index in [1.165, 1.54) is 12.8 Å². The molecule has 0 aromatic heterocycles. The summed E-state index contributed by atoms with van der Waals surface area (Å²) in [4.78, 5) is 0. The van der Waals surface area contributed by atoms with Gasteiger partial charge in [0, 0.05) is 28.7 Å². The van der Waals surface area contributed by atoms with Crippen molar-refractivity contribution >= 4 is 23.2 Å². The Hall–Kier alpha value is -0.500. The van der Waals surface area contributed by atoms with Crippen LogP contribution in [0.25, 0.3) is 0 Å². The Bertz CT molecular complexity index is 412. The minimum absolute atomic E-state index is 0.731. The Morgan fingerprint density at radius 3 is 2.41 bits per heavy atom. The lowest BCUT2D eigenvalue weighted by atomic mass is 10.1. The van der Waals surface area contributed by atoms with E-state index in [2.05, 4.69) is 12.2 Å². The smallest absolute Gasteiger partial charge is 0.0465 e. The maximum absolute atomic E-state index is 6.12. The second-order valence-electron chi connectivity index (χ2n) is 4.36. The van der Waals surface area contributed by atoms with Crippen molar-refractivity contribution in [2.45, 2.75) is 32.7 Å². The van der Waals surface area contributed by atoms with E-state index in [0.717, 1.165) is 35.1 Å². The van der Waals surface area contributed by atoms with Gasteiger partial charge in [0.1, 0.15) is 0 Å². The zero-order valence-electron chi connectivity index (χ0n) is 10.0. The lowest BCUT2D eigenvalue weighted by Crippen LogP contribution is -2.17. The van der Waals surface area contributed by atoms with Gasteiger partial charge in [-0.1, -0.05) is 47.3 Å². The Labute approximate surface area is 113 Å². The third-order valence-electron chi connectivity index (χ3n) is 3.13. The normalized spacial score (nSPS) is 13.9. The molecule has 92 valence electrons. The number of hydrogen-bond donors (Lipinski definition) is 1. The number of rotatable bonds is 5. The van der Waals surface area contributed by atoms with E-state index in [0.29, 0.717) is 0 Å². The first-order valence-corrected chi connectivity index (χ1v) is 6.81. The molecule has 3 heteroatoms. The monoisotopic (exact) mass is 269 g/mol. The van der Waals surface area contributed by atoms with E-state index < -0.39 is 0 Å². The molecule has 0 radical (unpaired) electrons. The molecule has 0 atom stereocenters. The van der Waals surface area contributed by atoms with E-state index in [1.54, 1.807) is 11.1 Å². The van der Waals surface area contributed by atoms with Gasteiger partial charge >= 0.3 is 0 Å². The Kier molecular flexibility index (Phi) is 4.49. The summed E-state index contributed by atoms with van der Waals surface area (Å²) >= 11 is 12.2. The van der Waals surface area contributed by atoms with Crippen LogP contribution in [-0.2, 0) is 6.54 Å². The standard InChI is InChI=1S/C14H17Cl2N/c1-2-10(11-6-7-11)8-17-9-12-13(15)4-3-5-14(12)16/h3-5,17H,2,6-9H2,1H3. The lowest BCUT2D eigenvalue weighted by Gasteiger charge is -2.10. The lowest BCUT2D eigenvalue weighted by molar-refractivity contribution is 0.724. The third-order valence-corrected chi connectivity index (χ3v) is 3.84. The highest BCUT2D eigenvalue weighted by Crippen LogP contribution is 2.32. The SMILES string of the molecule is CCC(CNCc1c(Cl)cccc1Cl)=C1CC1. The molecule has 0 aliphatic heterocycles. The van der Waals surface area contributed by atoms with Gasteiger partial charge in [0.05, 0.1) is 0 Å². The van der Waals surface area contributed by atoms with Crippen LogP contribution in [0.4, 0.5) is 0 Å². The molecule has 17 heavy (non-hydrogen) atoms. The van der Waals surface area contributed by atoms with Gasteiger partial charge in [0.15, 0.2) is 0 Å². The quantitative estimate of drug-likeness (QED) is 0.772. The summed E-state index contributed by atoms with van der Waals surface area (Å²) in [5.41, 5.74) is 4.17. The molecule has 0 saturated heterocycles. The molecule has 1 saturated carbocycles. The van der Waals surface area contributed by atoms with Crippen molar-refractivity contribution in [2.24, 2.45) is 0 Å². The van der Waals surface area contributed by atoms with Crippen LogP contribution in [0.3, 0.4) is 0 Å². The minimum atomic E-state index is 0.731. The van der Waals surface area contributed by atoms with Crippen molar-refractivity contribution in [1.82, 2.24) is 5.32 Å². The third kappa shape index (κ3) is 3.48. The van der Waals surface area contributed by atoms with Crippen molar-refractivity contribution in [2.75, 3.05) is 6.54 Å². The average molecular weight is 270 g/mol. The average Bonchev–Trinajstić information content (AvgIpc) is 3.12. The summed E-state index contributed by atoms with van der Waals surface area (Å²) in [7, 11) is 0. The van der Waals surface area contributed by atoms with Crippen molar-refractivity contribution in [3.8, 4) is 0 Å². The second-order valence-corrected chi connectivity index (χ2v) is 5.18. The van der Waals surface area contributed by atoms with Crippen LogP contribution in [0.15, 0.2) is 29.3 Å². The fraction of sp³-hybridized carbons (Fsp3) is 0.429. The van der Waals surface area contributed by atoms with Gasteiger partial charge in [0.2, 0.25) is 0 Å². The summed E-state index contributed by atoms with van der Waals surface area (Å²) in [5, 5.41) is 4.91. The summed E-state index contributed by atoms with van der Waals surface area (Å²) < 4.78 is 0. The largest absolute Gasteiger partial charge is 0.309 e. The summed E-state index contributed by atoms with van der Waals surface area (Å²) in [6.45, 7) is 3.90. The molecule has 0 heterocycles. The Balaban J connectivity index is 1.92. The van der Waals surface area contributed by atoms with Crippen LogP contribution in [0, 0.1) is 0 Å². The van der Waals surface area contributed by atoms with Crippen molar-refractivity contribution in [1.29, 1.82) is 0 Å². The van der Waals surface area contributed by atoms with Crippen molar-refractivity contribution < 1.29 is 0 Å². The molecule has 1 nitrogen and oxygen atoms in total. The zero-order valence-corrected chi connectivity index (χ0v) is 11.5. The van der Waals surface area contributed by atoms with Crippen LogP contribution in [0.5, 0.6) is 0 Å². The van der Waals surface area contributed by atoms with Gasteiger partial charge in [0.25, 0.3) is 0 Å². The van der Waals surface area contributed by atoms with Crippen LogP contribution >= 0.6 is 23.2 Å². The topological polar surface area (TPSA) is 12.0 Å². The van der Waals surface area contributed by atoms with Gasteiger partial charge < -0.3 is 5.32 Å². The highest BCUT2D eigenvalue weighted by atomic mass is 35.5. The Morgan fingerprint density at radius 2 is 1.88 bits per heavy atom. The zero-order chi connectivity index (χ0) is 12.3. The van der Waals surface area contributed by atoms with Gasteiger partial charge in [-0.2, -0.15) is 0 Å². The van der Waals surface area contributed by atoms with Crippen molar-refractivity contribution in [3.63, 3.8) is 0 Å². The van der Waals surface area contributed by atoms with E-state index in [-0.39, 0.29) is 0 Å². The van der Waals surface area contributed by atoms with Gasteiger partial charge in [-0.05, 0) is 31.4 Å². The fourth-order valence-electron chi connectivity index (χ4n) is 1.96. The van der Waals surface area contributed by atoms with E-state index >= 15 is 0 Å². The first-order chi connectivity index (χ1) is 8.22. The molecule has 1 aliphatic carbocycles. The highest BCUT2D eigenvalue weighted by Gasteiger charge is 2.16. The summed E-state index contributed by atoms with van der Waals surface area (Å²) in [5.74, 6) is 0. The number of allylic oxidation sites excluding steroid dienone is 1. The van der Waals surface area contributed by atoms with Crippen LogP contribution in [0.1, 0.15) is 31.7 Å². The first kappa shape index (κ1) is 12.9. The molecule has 0 unspecified atom stereocenters. The predicted molar refractivity (Wildman–Crippen MR) is 74.7 cm³/mol. The van der Waals surface area contributed by atoms with Crippen molar-refractivity contribution in [3.05, 3.63) is 45.0 Å². The molecule has 1 aromatic carbocycles. The van der Waals surface area contributed by atoms with Crippen LogP contribution < -0.4 is 5.32 Å². The van der Waals surface area contributed by atoms with E-state index in [9.17, 15) is 0 Å². The molecular formula is C14H17Cl2N. The molecule has 2 rings (SSSR count). The summed E-state index contributed by atoms with van der Waals surface area (Å²) in [6, 6.07) is 5.63. The maximum Gasteiger partial charge on any atom is 0.0465 e. The fourth-order valence-corrected chi connectivity index (χ4v) is 2.49. The number of nitrogens with one attached hydrogen (secondary N) is 1. The molecule has 1 N–H and O–H groups in total. The molecule has 1 aliphatic rings. The molecular weight excluding hydrogens is 253 g/mol. The number of halogens is 2. The van der Waals surface area contributed by atoms with Crippen LogP contribution in [-0.4, -0.2) is 6.54 Å². The molecule has 0 spiro atoms. The molecule has 0 bridgehead atoms. The van der Waals surface area contributed by atoms with E-state index in [1.807, 2.05) is 18.2 Å². The van der Waals surface area contributed by atoms with Crippen LogP contribution in [0.2, 0.25) is 10.0 Å². The predicted octanol–water partition coefficient (Wildman–Crippen LogP) is 4.58. The van der Waals surface area contributed by atoms with E-state index in [4.69, 9.17) is 23.2 Å². The van der Waals surface area contributed by atoms with Gasteiger partial charge in [-0.15, -0.1) is 0 Å². The van der Waals surface area contributed by atoms with Gasteiger partial charge in [-0.3, -0.25) is 0 Å². The summed E-state index contributed by atoms with van der Waals surface area (Å²) in [6.07, 6.45) is 3.72. The molecule has 1 fully saturated rings. The first-order valence-electron chi connectivity index (χ1n) is 6.05. The Morgan fingerprint density at radius 1 is 1.24 bits per heavy atom. The maximum atomic E-state index is 6.12. The van der Waals surface area contributed by atoms with Gasteiger partial charge in [-0.25, -0.2) is 0 Å².